The molecule has 0 fully saturated rings. The third-order valence-electron chi connectivity index (χ3n) is 1.92. The van der Waals surface area contributed by atoms with E-state index in [0.29, 0.717) is 12.5 Å². The quantitative estimate of drug-likeness (QED) is 0.506. The first-order valence-corrected chi connectivity index (χ1v) is 4.87. The molecule has 78 valence electrons. The largest absolute Gasteiger partial charge is 0.380 e. The molecule has 0 amide bonds. The minimum absolute atomic E-state index is 0.275. The first-order chi connectivity index (χ1) is 5.99. The fraction of sp³-hybridized carbons (Fsp3) is 0.800. The molecule has 0 aromatic rings. The van der Waals surface area contributed by atoms with Gasteiger partial charge in [-0.15, -0.1) is 0 Å². The summed E-state index contributed by atoms with van der Waals surface area (Å²) in [6.45, 7) is 7.04. The number of nitrogens with zero attached hydrogens (tertiary/aromatic N) is 1. The Hall–Kier alpha value is -0.0500. The maximum atomic E-state index is 5.93. The van der Waals surface area contributed by atoms with Gasteiger partial charge in [-0.25, -0.2) is 4.42 Å². The number of likely N-dealkylation sites (N-methyl/N-ethyl adjacent to an activating group) is 1. The second kappa shape index (κ2) is 6.41. The zero-order valence-corrected chi connectivity index (χ0v) is 9.93. The minimum Gasteiger partial charge on any atom is -0.380 e. The highest BCUT2D eigenvalue weighted by molar-refractivity contribution is 6.13. The first-order valence-electron chi connectivity index (χ1n) is 4.53. The van der Waals surface area contributed by atoms with Crippen molar-refractivity contribution in [2.45, 2.75) is 26.8 Å². The Morgan fingerprint density at radius 3 is 2.38 bits per heavy atom. The molecular weight excluding hydrogens is 186 g/mol. The van der Waals surface area contributed by atoms with Crippen molar-refractivity contribution in [2.24, 2.45) is 5.92 Å². The topological polar surface area (TPSA) is 12.5 Å². The Bertz CT molecular complexity index is 158. The second-order valence-corrected chi connectivity index (χ2v) is 4.24. The number of methoxy groups -OCH3 is 1. The highest BCUT2D eigenvalue weighted by Gasteiger charge is 2.14. The van der Waals surface area contributed by atoms with Crippen molar-refractivity contribution in [1.82, 2.24) is 4.42 Å². The predicted molar refractivity (Wildman–Crippen MR) is 57.9 cm³/mol. The molecule has 0 N–H and O–H groups in total. The fourth-order valence-electron chi connectivity index (χ4n) is 1.27. The van der Waals surface area contributed by atoms with Crippen LogP contribution in [0.4, 0.5) is 0 Å². The van der Waals surface area contributed by atoms with Crippen LogP contribution in [0.2, 0.25) is 0 Å². The molecule has 3 heteroatoms. The van der Waals surface area contributed by atoms with E-state index in [1.54, 1.807) is 11.5 Å². The average Bonchev–Trinajstić information content (AvgIpc) is 1.99. The van der Waals surface area contributed by atoms with Gasteiger partial charge in [0.15, 0.2) is 0 Å². The van der Waals surface area contributed by atoms with Gasteiger partial charge in [0.1, 0.15) is 0 Å². The molecule has 0 unspecified atom stereocenters. The van der Waals surface area contributed by atoms with E-state index in [1.165, 1.54) is 5.57 Å². The lowest BCUT2D eigenvalue weighted by Crippen LogP contribution is -2.27. The smallest absolute Gasteiger partial charge is 0.0670 e. The van der Waals surface area contributed by atoms with E-state index in [0.717, 1.165) is 0 Å². The van der Waals surface area contributed by atoms with E-state index in [9.17, 15) is 0 Å². The van der Waals surface area contributed by atoms with E-state index in [1.807, 2.05) is 7.05 Å². The molecule has 13 heavy (non-hydrogen) atoms. The molecule has 0 saturated heterocycles. The summed E-state index contributed by atoms with van der Waals surface area (Å²) in [5.41, 5.74) is 1.22. The second-order valence-electron chi connectivity index (χ2n) is 3.71. The number of halogens is 1. The normalized spacial score (nSPS) is 15.5. The van der Waals surface area contributed by atoms with Crippen molar-refractivity contribution in [1.29, 1.82) is 0 Å². The van der Waals surface area contributed by atoms with Crippen LogP contribution in [0.15, 0.2) is 11.6 Å². The third kappa shape index (κ3) is 5.29. The lowest BCUT2D eigenvalue weighted by molar-refractivity contribution is 0.224. The molecule has 0 aliphatic heterocycles. The molecule has 0 aromatic heterocycles. The standard InChI is InChI=1S/C10H20ClNO/c1-8(2)10(12(4)11)6-9(3)7-13-5/h6,8,10H,7H2,1-5H3/b9-6+/t10-/m1/s1. The van der Waals surface area contributed by atoms with Gasteiger partial charge in [-0.1, -0.05) is 25.5 Å². The van der Waals surface area contributed by atoms with Crippen LogP contribution in [0.25, 0.3) is 0 Å². The van der Waals surface area contributed by atoms with Crippen LogP contribution in [0, 0.1) is 5.92 Å². The van der Waals surface area contributed by atoms with Crippen LogP contribution in [-0.2, 0) is 4.74 Å². The summed E-state index contributed by atoms with van der Waals surface area (Å²) in [5.74, 6) is 0.509. The van der Waals surface area contributed by atoms with Crippen LogP contribution < -0.4 is 0 Å². The van der Waals surface area contributed by atoms with E-state index < -0.39 is 0 Å². The molecule has 2 nitrogen and oxygen atoms in total. The van der Waals surface area contributed by atoms with Gasteiger partial charge in [-0.2, -0.15) is 0 Å². The Morgan fingerprint density at radius 2 is 2.08 bits per heavy atom. The minimum atomic E-state index is 0.275. The van der Waals surface area contributed by atoms with Crippen molar-refractivity contribution in [2.75, 3.05) is 20.8 Å². The summed E-state index contributed by atoms with van der Waals surface area (Å²) in [6.07, 6.45) is 2.15. The predicted octanol–water partition coefficient (Wildman–Crippen LogP) is 2.69. The summed E-state index contributed by atoms with van der Waals surface area (Å²) in [7, 11) is 3.58. The van der Waals surface area contributed by atoms with Gasteiger partial charge in [0, 0.05) is 20.2 Å². The molecule has 0 radical (unpaired) electrons. The van der Waals surface area contributed by atoms with Gasteiger partial charge in [-0.3, -0.25) is 0 Å². The molecule has 0 aliphatic carbocycles. The third-order valence-corrected chi connectivity index (χ3v) is 2.15. The first kappa shape index (κ1) is 12.9. The van der Waals surface area contributed by atoms with E-state index in [2.05, 4.69) is 26.8 Å². The summed E-state index contributed by atoms with van der Waals surface area (Å²) in [5, 5.41) is 0. The maximum absolute atomic E-state index is 5.93. The number of ether oxygens (including phenoxy) is 1. The number of hydrogen-bond donors (Lipinski definition) is 0. The summed E-state index contributed by atoms with van der Waals surface area (Å²) < 4.78 is 6.75. The zero-order valence-electron chi connectivity index (χ0n) is 9.17. The lowest BCUT2D eigenvalue weighted by atomic mass is 10.0. The molecule has 0 bridgehead atoms. The lowest BCUT2D eigenvalue weighted by Gasteiger charge is -2.23. The van der Waals surface area contributed by atoms with Crippen LogP contribution >= 0.6 is 11.8 Å². The van der Waals surface area contributed by atoms with E-state index in [-0.39, 0.29) is 6.04 Å². The van der Waals surface area contributed by atoms with Crippen molar-refractivity contribution in [3.63, 3.8) is 0 Å². The molecule has 0 aliphatic rings. The molecule has 0 spiro atoms. The fourth-order valence-corrected chi connectivity index (χ4v) is 1.55. The Morgan fingerprint density at radius 1 is 1.54 bits per heavy atom. The molecule has 0 heterocycles. The average molecular weight is 206 g/mol. The summed E-state index contributed by atoms with van der Waals surface area (Å²) >= 11 is 5.93. The van der Waals surface area contributed by atoms with Crippen molar-refractivity contribution >= 4 is 11.8 Å². The van der Waals surface area contributed by atoms with Gasteiger partial charge in [-0.05, 0) is 24.6 Å². The maximum Gasteiger partial charge on any atom is 0.0670 e. The highest BCUT2D eigenvalue weighted by atomic mass is 35.5. The molecule has 0 saturated carbocycles. The molecular formula is C10H20ClNO. The summed E-state index contributed by atoms with van der Waals surface area (Å²) in [4.78, 5) is 0. The highest BCUT2D eigenvalue weighted by Crippen LogP contribution is 2.14. The number of rotatable bonds is 5. The van der Waals surface area contributed by atoms with Gasteiger partial charge in [0.05, 0.1) is 6.61 Å². The van der Waals surface area contributed by atoms with Crippen LogP contribution in [0.1, 0.15) is 20.8 Å². The van der Waals surface area contributed by atoms with Crippen molar-refractivity contribution < 1.29 is 4.74 Å². The van der Waals surface area contributed by atoms with Crippen molar-refractivity contribution in [3.8, 4) is 0 Å². The van der Waals surface area contributed by atoms with Crippen LogP contribution in [0.5, 0.6) is 0 Å². The molecule has 1 atom stereocenters. The van der Waals surface area contributed by atoms with Gasteiger partial charge >= 0.3 is 0 Å². The number of hydrogen-bond acceptors (Lipinski definition) is 2. The zero-order chi connectivity index (χ0) is 10.4. The monoisotopic (exact) mass is 205 g/mol. The Kier molecular flexibility index (Phi) is 6.39. The van der Waals surface area contributed by atoms with E-state index >= 15 is 0 Å². The molecule has 0 aromatic carbocycles. The Labute approximate surface area is 86.6 Å². The Balaban J connectivity index is 4.31. The van der Waals surface area contributed by atoms with Gasteiger partial charge < -0.3 is 4.74 Å². The van der Waals surface area contributed by atoms with Gasteiger partial charge in [0.25, 0.3) is 0 Å². The van der Waals surface area contributed by atoms with Crippen LogP contribution in [-0.4, -0.2) is 31.2 Å². The summed E-state index contributed by atoms with van der Waals surface area (Å²) in [6, 6.07) is 0.275. The van der Waals surface area contributed by atoms with Crippen molar-refractivity contribution in [3.05, 3.63) is 11.6 Å². The van der Waals surface area contributed by atoms with E-state index in [4.69, 9.17) is 16.5 Å². The van der Waals surface area contributed by atoms with Gasteiger partial charge in [0.2, 0.25) is 0 Å². The SMILES string of the molecule is COC/C(C)=C/[C@H](C(C)C)N(C)Cl. The van der Waals surface area contributed by atoms with Crippen LogP contribution in [0.3, 0.4) is 0 Å². The molecule has 0 rings (SSSR count).